The van der Waals surface area contributed by atoms with Crippen LogP contribution in [0.15, 0.2) is 24.3 Å². The van der Waals surface area contributed by atoms with E-state index in [2.05, 4.69) is 10.2 Å². The van der Waals surface area contributed by atoms with E-state index >= 15 is 0 Å². The van der Waals surface area contributed by atoms with Crippen LogP contribution in [0.5, 0.6) is 11.5 Å². The molecule has 1 aromatic carbocycles. The van der Waals surface area contributed by atoms with Gasteiger partial charge in [-0.05, 0) is 40.8 Å². The molecule has 8 heteroatoms. The van der Waals surface area contributed by atoms with Gasteiger partial charge in [0.05, 0.1) is 9.13 Å². The van der Waals surface area contributed by atoms with Crippen molar-refractivity contribution >= 4 is 51.8 Å². The molecule has 0 fully saturated rings. The molecule has 0 bridgehead atoms. The fraction of sp³-hybridized carbons (Fsp3) is 0. The number of nitrogens with zero attached hydrogens (tertiary/aromatic N) is 2. The molecule has 0 spiro atoms. The van der Waals surface area contributed by atoms with E-state index in [1.54, 1.807) is 6.07 Å². The summed E-state index contributed by atoms with van der Waals surface area (Å²) in [5, 5.41) is 16.3. The molecule has 5 nitrogen and oxygen atoms in total. The number of hydrogen-bond donors (Lipinski definition) is 1. The molecule has 0 aliphatic heterocycles. The van der Waals surface area contributed by atoms with Crippen LogP contribution in [0.2, 0.25) is 10.3 Å². The Morgan fingerprint density at radius 2 is 1.95 bits per heavy atom. The molecule has 0 saturated heterocycles. The summed E-state index contributed by atoms with van der Waals surface area (Å²) in [7, 11) is 0. The van der Waals surface area contributed by atoms with E-state index in [0.29, 0.717) is 5.75 Å². The number of aromatic nitrogens is 2. The monoisotopic (exact) mass is 410 g/mol. The van der Waals surface area contributed by atoms with E-state index in [9.17, 15) is 4.79 Å². The van der Waals surface area contributed by atoms with Gasteiger partial charge in [-0.3, -0.25) is 0 Å². The Kier molecular flexibility index (Phi) is 4.43. The lowest BCUT2D eigenvalue weighted by molar-refractivity contribution is 0.0696. The van der Waals surface area contributed by atoms with Gasteiger partial charge in [0.25, 0.3) is 0 Å². The molecule has 98 valence electrons. The standard InChI is InChI=1S/C11H5Cl2IN2O3/c12-9-4-8(10(13)16-15-9)19-7-3-5(11(17)18)1-2-6(7)14/h1-4H,(H,17,18). The highest BCUT2D eigenvalue weighted by atomic mass is 127. The Morgan fingerprint density at radius 1 is 1.21 bits per heavy atom. The van der Waals surface area contributed by atoms with Crippen molar-refractivity contribution in [2.75, 3.05) is 0 Å². The fourth-order valence-electron chi connectivity index (χ4n) is 1.24. The minimum Gasteiger partial charge on any atom is -0.478 e. The number of carboxylic acid groups (broad SMARTS) is 1. The Hall–Kier alpha value is -1.12. The number of ether oxygens (including phenoxy) is 1. The molecule has 0 unspecified atom stereocenters. The third kappa shape index (κ3) is 3.46. The Bertz CT molecular complexity index is 652. The fourth-order valence-corrected chi connectivity index (χ4v) is 1.96. The first kappa shape index (κ1) is 14.3. The van der Waals surface area contributed by atoms with E-state index < -0.39 is 5.97 Å². The van der Waals surface area contributed by atoms with Crippen LogP contribution >= 0.6 is 45.8 Å². The number of carbonyl (C=O) groups is 1. The topological polar surface area (TPSA) is 72.3 Å². The van der Waals surface area contributed by atoms with Crippen molar-refractivity contribution in [1.82, 2.24) is 10.2 Å². The second-order valence-corrected chi connectivity index (χ2v) is 5.28. The molecular weight excluding hydrogens is 406 g/mol. The molecular formula is C11H5Cl2IN2O3. The maximum absolute atomic E-state index is 10.9. The van der Waals surface area contributed by atoms with Gasteiger partial charge in [-0.15, -0.1) is 10.2 Å². The summed E-state index contributed by atoms with van der Waals surface area (Å²) in [6, 6.07) is 5.91. The maximum atomic E-state index is 10.9. The first-order valence-corrected chi connectivity index (χ1v) is 6.70. The van der Waals surface area contributed by atoms with Gasteiger partial charge in [-0.1, -0.05) is 23.2 Å². The smallest absolute Gasteiger partial charge is 0.335 e. The van der Waals surface area contributed by atoms with Crippen molar-refractivity contribution in [3.8, 4) is 11.5 Å². The summed E-state index contributed by atoms with van der Waals surface area (Å²) in [6.45, 7) is 0. The number of benzene rings is 1. The Labute approximate surface area is 131 Å². The molecule has 1 N–H and O–H groups in total. The highest BCUT2D eigenvalue weighted by Crippen LogP contribution is 2.32. The minimum atomic E-state index is -1.04. The third-order valence-electron chi connectivity index (χ3n) is 2.08. The average molecular weight is 411 g/mol. The van der Waals surface area contributed by atoms with Gasteiger partial charge in [0.1, 0.15) is 5.75 Å². The molecule has 0 amide bonds. The average Bonchev–Trinajstić information content (AvgIpc) is 2.36. The normalized spacial score (nSPS) is 10.3. The minimum absolute atomic E-state index is 0.0425. The van der Waals surface area contributed by atoms with Crippen LogP contribution in [0, 0.1) is 3.57 Å². The van der Waals surface area contributed by atoms with Gasteiger partial charge in [0, 0.05) is 6.07 Å². The summed E-state index contributed by atoms with van der Waals surface area (Å²) >= 11 is 13.5. The first-order valence-electron chi connectivity index (χ1n) is 4.87. The Balaban J connectivity index is 2.40. The van der Waals surface area contributed by atoms with Gasteiger partial charge >= 0.3 is 5.97 Å². The van der Waals surface area contributed by atoms with E-state index in [4.69, 9.17) is 33.0 Å². The molecule has 1 aromatic heterocycles. The summed E-state index contributed by atoms with van der Waals surface area (Å²) in [5.41, 5.74) is 0.111. The van der Waals surface area contributed by atoms with Crippen LogP contribution in [0.4, 0.5) is 0 Å². The van der Waals surface area contributed by atoms with Crippen molar-refractivity contribution in [2.24, 2.45) is 0 Å². The van der Waals surface area contributed by atoms with Crippen molar-refractivity contribution in [1.29, 1.82) is 0 Å². The van der Waals surface area contributed by atoms with Crippen LogP contribution in [-0.4, -0.2) is 21.3 Å². The third-order valence-corrected chi connectivity index (χ3v) is 3.42. The van der Waals surface area contributed by atoms with Gasteiger partial charge in [0.15, 0.2) is 16.1 Å². The lowest BCUT2D eigenvalue weighted by atomic mass is 10.2. The number of hydrogen-bond acceptors (Lipinski definition) is 4. The summed E-state index contributed by atoms with van der Waals surface area (Å²) < 4.78 is 6.25. The van der Waals surface area contributed by atoms with Crippen LogP contribution in [0.3, 0.4) is 0 Å². The highest BCUT2D eigenvalue weighted by molar-refractivity contribution is 14.1. The number of halogens is 3. The molecule has 0 radical (unpaired) electrons. The van der Waals surface area contributed by atoms with Crippen LogP contribution in [0.25, 0.3) is 0 Å². The predicted octanol–water partition coefficient (Wildman–Crippen LogP) is 3.88. The number of aromatic carboxylic acids is 1. The van der Waals surface area contributed by atoms with E-state index in [0.717, 1.165) is 3.57 Å². The summed E-state index contributed by atoms with van der Waals surface area (Å²) in [5.74, 6) is -0.480. The van der Waals surface area contributed by atoms with Gasteiger partial charge in [-0.25, -0.2) is 4.79 Å². The second-order valence-electron chi connectivity index (χ2n) is 3.37. The lowest BCUT2D eigenvalue weighted by Crippen LogP contribution is -1.98. The second kappa shape index (κ2) is 5.89. The highest BCUT2D eigenvalue weighted by Gasteiger charge is 2.12. The zero-order valence-corrected chi connectivity index (χ0v) is 12.8. The van der Waals surface area contributed by atoms with Crippen molar-refractivity contribution < 1.29 is 14.6 Å². The molecule has 0 saturated carbocycles. The molecule has 0 aliphatic rings. The number of rotatable bonds is 3. The van der Waals surface area contributed by atoms with Crippen LogP contribution < -0.4 is 4.74 Å². The molecule has 19 heavy (non-hydrogen) atoms. The SMILES string of the molecule is O=C(O)c1ccc(I)c(Oc2cc(Cl)nnc2Cl)c1. The predicted molar refractivity (Wildman–Crippen MR) is 78.2 cm³/mol. The summed E-state index contributed by atoms with van der Waals surface area (Å²) in [6.07, 6.45) is 0. The lowest BCUT2D eigenvalue weighted by Gasteiger charge is -2.09. The molecule has 0 aliphatic carbocycles. The number of carboxylic acids is 1. The largest absolute Gasteiger partial charge is 0.478 e. The van der Waals surface area contributed by atoms with Gasteiger partial charge < -0.3 is 9.84 Å². The summed E-state index contributed by atoms with van der Waals surface area (Å²) in [4.78, 5) is 10.9. The van der Waals surface area contributed by atoms with Gasteiger partial charge in [-0.2, -0.15) is 0 Å². The molecule has 1 heterocycles. The van der Waals surface area contributed by atoms with E-state index in [-0.39, 0.29) is 21.6 Å². The quantitative estimate of drug-likeness (QED) is 0.777. The van der Waals surface area contributed by atoms with E-state index in [1.807, 2.05) is 22.6 Å². The van der Waals surface area contributed by atoms with Crippen LogP contribution in [-0.2, 0) is 0 Å². The zero-order valence-electron chi connectivity index (χ0n) is 9.10. The van der Waals surface area contributed by atoms with Crippen molar-refractivity contribution in [2.45, 2.75) is 0 Å². The Morgan fingerprint density at radius 3 is 2.63 bits per heavy atom. The zero-order chi connectivity index (χ0) is 14.0. The molecule has 0 atom stereocenters. The maximum Gasteiger partial charge on any atom is 0.335 e. The molecule has 2 aromatic rings. The van der Waals surface area contributed by atoms with Crippen LogP contribution in [0.1, 0.15) is 10.4 Å². The van der Waals surface area contributed by atoms with Crippen molar-refractivity contribution in [3.63, 3.8) is 0 Å². The van der Waals surface area contributed by atoms with Crippen molar-refractivity contribution in [3.05, 3.63) is 43.7 Å². The van der Waals surface area contributed by atoms with E-state index in [1.165, 1.54) is 18.2 Å². The molecule has 2 rings (SSSR count). The first-order chi connectivity index (χ1) is 8.97. The van der Waals surface area contributed by atoms with Gasteiger partial charge in [0.2, 0.25) is 0 Å².